The molecule has 0 amide bonds. The molecule has 5 heteroatoms. The largest absolute Gasteiger partial charge is 0.396 e. The van der Waals surface area contributed by atoms with E-state index in [9.17, 15) is 17.9 Å². The van der Waals surface area contributed by atoms with Crippen LogP contribution >= 0.6 is 0 Å². The van der Waals surface area contributed by atoms with Gasteiger partial charge in [-0.15, -0.1) is 0 Å². The van der Waals surface area contributed by atoms with Gasteiger partial charge in [0.05, 0.1) is 10.1 Å². The third kappa shape index (κ3) is 2.47. The fourth-order valence-corrected chi connectivity index (χ4v) is 5.12. The third-order valence-electron chi connectivity index (χ3n) is 3.97. The topological polar surface area (TPSA) is 54.4 Å². The van der Waals surface area contributed by atoms with E-state index in [-0.39, 0.29) is 23.3 Å². The van der Waals surface area contributed by atoms with Crippen LogP contribution < -0.4 is 0 Å². The van der Waals surface area contributed by atoms with E-state index in [1.807, 2.05) is 0 Å². The van der Waals surface area contributed by atoms with Crippen molar-refractivity contribution in [3.05, 3.63) is 66.0 Å². The maximum absolute atomic E-state index is 13.3. The van der Waals surface area contributed by atoms with Gasteiger partial charge in [-0.05, 0) is 29.8 Å². The first kappa shape index (κ1) is 14.2. The molecule has 0 aromatic heterocycles. The zero-order valence-corrected chi connectivity index (χ0v) is 12.0. The molecule has 2 aromatic rings. The highest BCUT2D eigenvalue weighted by Gasteiger charge is 2.58. The van der Waals surface area contributed by atoms with Crippen molar-refractivity contribution < 1.29 is 17.9 Å². The molecule has 3 atom stereocenters. The third-order valence-corrected chi connectivity index (χ3v) is 6.26. The molecule has 1 saturated carbocycles. The highest BCUT2D eigenvalue weighted by Crippen LogP contribution is 2.53. The molecule has 0 aliphatic heterocycles. The monoisotopic (exact) mass is 306 g/mol. The van der Waals surface area contributed by atoms with E-state index in [0.29, 0.717) is 5.56 Å². The van der Waals surface area contributed by atoms with Crippen molar-refractivity contribution >= 4 is 9.84 Å². The van der Waals surface area contributed by atoms with Gasteiger partial charge in [-0.3, -0.25) is 0 Å². The molecule has 2 aromatic carbocycles. The molecule has 3 nitrogen and oxygen atoms in total. The second-order valence-corrected chi connectivity index (χ2v) is 7.36. The van der Waals surface area contributed by atoms with Crippen molar-refractivity contribution in [2.24, 2.45) is 5.92 Å². The number of aliphatic hydroxyl groups excluding tert-OH is 1. The summed E-state index contributed by atoms with van der Waals surface area (Å²) in [5.74, 6) is -1.13. The van der Waals surface area contributed by atoms with Crippen LogP contribution in [0.2, 0.25) is 0 Å². The summed E-state index contributed by atoms with van der Waals surface area (Å²) in [5, 5.41) is 8.74. The van der Waals surface area contributed by atoms with E-state index in [4.69, 9.17) is 0 Å². The molecule has 0 unspecified atom stereocenters. The maximum Gasteiger partial charge on any atom is 0.182 e. The molecule has 0 radical (unpaired) electrons. The lowest BCUT2D eigenvalue weighted by molar-refractivity contribution is 0.274. The first-order valence-corrected chi connectivity index (χ1v) is 8.25. The summed E-state index contributed by atoms with van der Waals surface area (Å²) in [4.78, 5) is 0.243. The van der Waals surface area contributed by atoms with E-state index < -0.39 is 20.9 Å². The lowest BCUT2D eigenvalue weighted by Crippen LogP contribution is -2.11. The zero-order valence-electron chi connectivity index (χ0n) is 11.2. The maximum atomic E-state index is 13.3. The lowest BCUT2D eigenvalue weighted by atomic mass is 10.1. The zero-order chi connectivity index (χ0) is 15.0. The van der Waals surface area contributed by atoms with Crippen LogP contribution in [0.5, 0.6) is 0 Å². The summed E-state index contributed by atoms with van der Waals surface area (Å²) in [6.45, 7) is -0.224. The van der Waals surface area contributed by atoms with Gasteiger partial charge in [0.1, 0.15) is 5.82 Å². The van der Waals surface area contributed by atoms with E-state index in [0.717, 1.165) is 0 Å². The Morgan fingerprint density at radius 2 is 1.76 bits per heavy atom. The molecular weight excluding hydrogens is 291 g/mol. The van der Waals surface area contributed by atoms with Crippen molar-refractivity contribution in [1.29, 1.82) is 0 Å². The van der Waals surface area contributed by atoms with Crippen LogP contribution in [0.25, 0.3) is 0 Å². The van der Waals surface area contributed by atoms with Gasteiger partial charge >= 0.3 is 0 Å². The van der Waals surface area contributed by atoms with Gasteiger partial charge in [0.15, 0.2) is 9.84 Å². The quantitative estimate of drug-likeness (QED) is 0.943. The van der Waals surface area contributed by atoms with Crippen LogP contribution in [0.4, 0.5) is 4.39 Å². The van der Waals surface area contributed by atoms with Crippen molar-refractivity contribution in [2.45, 2.75) is 16.1 Å². The molecule has 0 saturated heterocycles. The molecule has 1 aliphatic rings. The molecular formula is C16H15FO3S. The highest BCUT2D eigenvalue weighted by molar-refractivity contribution is 7.92. The normalized spacial score (nSPS) is 24.8. The summed E-state index contributed by atoms with van der Waals surface area (Å²) in [5.41, 5.74) is 0.624. The Hall–Kier alpha value is -1.72. The smallest absolute Gasteiger partial charge is 0.182 e. The molecule has 1 aliphatic carbocycles. The van der Waals surface area contributed by atoms with E-state index in [1.165, 1.54) is 12.1 Å². The number of sulfone groups is 1. The highest BCUT2D eigenvalue weighted by atomic mass is 32.2. The van der Waals surface area contributed by atoms with Crippen LogP contribution in [0.3, 0.4) is 0 Å². The summed E-state index contributed by atoms with van der Waals surface area (Å²) in [7, 11) is -3.52. The van der Waals surface area contributed by atoms with Crippen LogP contribution in [0.15, 0.2) is 59.5 Å². The Balaban J connectivity index is 1.96. The molecule has 1 fully saturated rings. The Morgan fingerprint density at radius 3 is 2.38 bits per heavy atom. The molecule has 1 N–H and O–H groups in total. The number of benzene rings is 2. The standard InChI is InChI=1S/C16H15FO3S/c17-12-6-4-5-11(9-12)15-14(10-18)16(15)21(19,20)13-7-2-1-3-8-13/h1-9,14-16,18H,10H2/t14-,15-,16-/m1/s1. The molecule has 3 rings (SSSR count). The van der Waals surface area contributed by atoms with Crippen LogP contribution in [0.1, 0.15) is 11.5 Å². The first-order valence-electron chi connectivity index (χ1n) is 6.71. The predicted octanol–water partition coefficient (Wildman–Crippen LogP) is 2.37. The van der Waals surface area contributed by atoms with E-state index >= 15 is 0 Å². The van der Waals surface area contributed by atoms with Gasteiger partial charge in [-0.25, -0.2) is 12.8 Å². The summed E-state index contributed by atoms with van der Waals surface area (Å²) in [6, 6.07) is 14.1. The number of halogens is 1. The average Bonchev–Trinajstić information content (AvgIpc) is 3.23. The number of aliphatic hydroxyl groups is 1. The van der Waals surface area contributed by atoms with Crippen LogP contribution in [-0.4, -0.2) is 25.4 Å². The second-order valence-electron chi connectivity index (χ2n) is 5.25. The van der Waals surface area contributed by atoms with Gasteiger partial charge in [0, 0.05) is 18.4 Å². The van der Waals surface area contributed by atoms with Crippen molar-refractivity contribution in [3.63, 3.8) is 0 Å². The minimum atomic E-state index is -3.52. The van der Waals surface area contributed by atoms with Gasteiger partial charge in [-0.2, -0.15) is 0 Å². The summed E-state index contributed by atoms with van der Waals surface area (Å²) < 4.78 is 38.6. The lowest BCUT2D eigenvalue weighted by Gasteiger charge is -2.04. The van der Waals surface area contributed by atoms with Crippen molar-refractivity contribution in [2.75, 3.05) is 6.61 Å². The van der Waals surface area contributed by atoms with Crippen molar-refractivity contribution in [1.82, 2.24) is 0 Å². The van der Waals surface area contributed by atoms with Gasteiger partial charge in [0.25, 0.3) is 0 Å². The minimum absolute atomic E-state index is 0.224. The fourth-order valence-electron chi connectivity index (χ4n) is 2.90. The second kappa shape index (κ2) is 5.24. The molecule has 110 valence electrons. The van der Waals surface area contributed by atoms with Crippen molar-refractivity contribution in [3.8, 4) is 0 Å². The van der Waals surface area contributed by atoms with Gasteiger partial charge in [0.2, 0.25) is 0 Å². The van der Waals surface area contributed by atoms with E-state index in [2.05, 4.69) is 0 Å². The number of rotatable bonds is 4. The Kier molecular flexibility index (Phi) is 3.55. The number of hydrogen-bond donors (Lipinski definition) is 1. The molecule has 0 heterocycles. The van der Waals surface area contributed by atoms with Gasteiger partial charge < -0.3 is 5.11 Å². The SMILES string of the molecule is O=S(=O)(c1ccccc1)[C@@H]1[C@H](CO)[C@H]1c1cccc(F)c1. The fraction of sp³-hybridized carbons (Fsp3) is 0.250. The molecule has 0 bridgehead atoms. The number of hydrogen-bond acceptors (Lipinski definition) is 3. The average molecular weight is 306 g/mol. The van der Waals surface area contributed by atoms with Gasteiger partial charge in [-0.1, -0.05) is 30.3 Å². The molecule has 21 heavy (non-hydrogen) atoms. The minimum Gasteiger partial charge on any atom is -0.396 e. The first-order chi connectivity index (χ1) is 10.1. The van der Waals surface area contributed by atoms with Crippen LogP contribution in [-0.2, 0) is 9.84 Å². The molecule has 0 spiro atoms. The Labute approximate surface area is 123 Å². The van der Waals surface area contributed by atoms with E-state index in [1.54, 1.807) is 42.5 Å². The predicted molar refractivity (Wildman–Crippen MR) is 77.1 cm³/mol. The Morgan fingerprint density at radius 1 is 1.05 bits per heavy atom. The Bertz CT molecular complexity index is 743. The summed E-state index contributed by atoms with van der Waals surface area (Å²) in [6.07, 6.45) is 0. The summed E-state index contributed by atoms with van der Waals surface area (Å²) >= 11 is 0. The van der Waals surface area contributed by atoms with Crippen LogP contribution in [0, 0.1) is 11.7 Å².